The average Bonchev–Trinajstić information content (AvgIpc) is 3.28. The van der Waals surface area contributed by atoms with Gasteiger partial charge in [-0.3, -0.25) is 4.79 Å². The first-order valence-electron chi connectivity index (χ1n) is 10.4. The number of rotatable bonds is 5. The summed E-state index contributed by atoms with van der Waals surface area (Å²) in [6, 6.07) is 1.06. The Kier molecular flexibility index (Phi) is 8.97. The summed E-state index contributed by atoms with van der Waals surface area (Å²) in [6.07, 6.45) is -4.01. The molecule has 1 amide bonds. The number of halogens is 6. The monoisotopic (exact) mass is 500 g/mol. The number of methoxy groups -OCH3 is 1. The van der Waals surface area contributed by atoms with Crippen LogP contribution in [0.2, 0.25) is 0 Å². The highest BCUT2D eigenvalue weighted by atomic mass is 19.4. The normalized spacial score (nSPS) is 19.8. The van der Waals surface area contributed by atoms with Crippen LogP contribution in [0.4, 0.5) is 32.2 Å². The predicted molar refractivity (Wildman–Crippen MR) is 108 cm³/mol. The molecule has 0 aliphatic carbocycles. The fourth-order valence-corrected chi connectivity index (χ4v) is 3.55. The van der Waals surface area contributed by atoms with E-state index in [9.17, 15) is 31.1 Å². The van der Waals surface area contributed by atoms with Gasteiger partial charge in [0.1, 0.15) is 0 Å². The molecule has 1 unspecified atom stereocenters. The fourth-order valence-electron chi connectivity index (χ4n) is 3.55. The number of hydrogen-bond donors (Lipinski definition) is 2. The van der Waals surface area contributed by atoms with Crippen molar-refractivity contribution >= 4 is 17.7 Å². The van der Waals surface area contributed by atoms with Gasteiger partial charge in [-0.2, -0.15) is 18.2 Å². The van der Waals surface area contributed by atoms with Gasteiger partial charge in [-0.1, -0.05) is 0 Å². The van der Waals surface area contributed by atoms with Gasteiger partial charge >= 0.3 is 12.1 Å². The van der Waals surface area contributed by atoms with Crippen LogP contribution in [0, 0.1) is 5.82 Å². The maximum Gasteiger partial charge on any atom is 0.490 e. The summed E-state index contributed by atoms with van der Waals surface area (Å²) >= 11 is 0. The van der Waals surface area contributed by atoms with Crippen LogP contribution in [0.15, 0.2) is 6.07 Å². The van der Waals surface area contributed by atoms with E-state index in [4.69, 9.17) is 14.6 Å². The molecule has 0 radical (unpaired) electrons. The van der Waals surface area contributed by atoms with Gasteiger partial charge in [-0.25, -0.2) is 18.0 Å². The van der Waals surface area contributed by atoms with Crippen LogP contribution >= 0.6 is 0 Å². The largest absolute Gasteiger partial charge is 0.490 e. The molecule has 0 aromatic carbocycles. The lowest BCUT2D eigenvalue weighted by Gasteiger charge is -2.33. The highest BCUT2D eigenvalue weighted by Gasteiger charge is 2.38. The number of ether oxygens (including phenoxy) is 1. The number of alkyl halides is 5. The molecule has 1 atom stereocenters. The molecule has 0 bridgehead atoms. The summed E-state index contributed by atoms with van der Waals surface area (Å²) in [4.78, 5) is 28.6. The molecular formula is C20H26F6N4O4. The molecule has 2 N–H and O–H groups in total. The summed E-state index contributed by atoms with van der Waals surface area (Å²) in [6.45, 7) is 1.03. The van der Waals surface area contributed by atoms with Crippen molar-refractivity contribution in [2.24, 2.45) is 0 Å². The van der Waals surface area contributed by atoms with E-state index in [0.717, 1.165) is 19.4 Å². The number of piperidine rings is 1. The number of aliphatic carboxylic acids is 1. The SMILES string of the molecule is COc1nc(N2CCC(F)(F)CC2)c(F)cc1CN(C)C(=O)C1CCCN1.O=C(O)C(F)(F)F. The number of hydrogen-bond acceptors (Lipinski definition) is 6. The predicted octanol–water partition coefficient (Wildman–Crippen LogP) is 2.81. The first kappa shape index (κ1) is 27.5. The van der Waals surface area contributed by atoms with Gasteiger partial charge in [-0.15, -0.1) is 0 Å². The number of nitrogens with one attached hydrogen (secondary N) is 1. The number of carboxylic acid groups (broad SMARTS) is 1. The third-order valence-corrected chi connectivity index (χ3v) is 5.37. The Balaban J connectivity index is 0.000000509. The standard InChI is InChI=1S/C18H25F3N4O2.C2HF3O2/c1-24(17(26)14-4-3-7-22-14)11-12-10-13(19)15(23-16(12)27-2)25-8-5-18(20,21)6-9-25;3-2(4,5)1(6)7/h10,14,22H,3-9,11H2,1-2H3;(H,6,7). The molecule has 2 saturated heterocycles. The second-order valence-electron chi connectivity index (χ2n) is 7.95. The first-order chi connectivity index (χ1) is 15.7. The maximum absolute atomic E-state index is 14.6. The van der Waals surface area contributed by atoms with E-state index in [0.29, 0.717) is 5.56 Å². The second-order valence-corrected chi connectivity index (χ2v) is 7.95. The molecule has 1 aromatic rings. The number of carboxylic acids is 1. The van der Waals surface area contributed by atoms with E-state index in [-0.39, 0.29) is 56.1 Å². The van der Waals surface area contributed by atoms with Crippen molar-refractivity contribution in [1.29, 1.82) is 0 Å². The molecule has 14 heteroatoms. The molecule has 0 spiro atoms. The Morgan fingerprint density at radius 2 is 1.91 bits per heavy atom. The number of amides is 1. The first-order valence-corrected chi connectivity index (χ1v) is 10.4. The molecule has 2 fully saturated rings. The third kappa shape index (κ3) is 7.37. The van der Waals surface area contributed by atoms with E-state index >= 15 is 0 Å². The van der Waals surface area contributed by atoms with Gasteiger partial charge in [0.05, 0.1) is 19.7 Å². The van der Waals surface area contributed by atoms with E-state index in [1.54, 1.807) is 7.05 Å². The molecule has 3 heterocycles. The van der Waals surface area contributed by atoms with E-state index in [1.807, 2.05) is 0 Å². The van der Waals surface area contributed by atoms with Crippen molar-refractivity contribution in [3.05, 3.63) is 17.4 Å². The van der Waals surface area contributed by atoms with Crippen molar-refractivity contribution in [3.8, 4) is 5.88 Å². The lowest BCUT2D eigenvalue weighted by molar-refractivity contribution is -0.192. The fraction of sp³-hybridized carbons (Fsp3) is 0.650. The summed E-state index contributed by atoms with van der Waals surface area (Å²) in [5, 5.41) is 10.3. The van der Waals surface area contributed by atoms with Crippen LogP contribution < -0.4 is 15.0 Å². The van der Waals surface area contributed by atoms with Gasteiger partial charge < -0.3 is 25.0 Å². The molecule has 192 valence electrons. The molecule has 3 rings (SSSR count). The lowest BCUT2D eigenvalue weighted by atomic mass is 10.1. The zero-order chi connectivity index (χ0) is 25.7. The molecular weight excluding hydrogens is 474 g/mol. The summed E-state index contributed by atoms with van der Waals surface area (Å²) in [5.74, 6) is -5.92. The van der Waals surface area contributed by atoms with Crippen LogP contribution in [-0.4, -0.2) is 78.8 Å². The summed E-state index contributed by atoms with van der Waals surface area (Å²) in [7, 11) is 3.07. The van der Waals surface area contributed by atoms with Crippen LogP contribution in [-0.2, 0) is 16.1 Å². The molecule has 2 aliphatic heterocycles. The van der Waals surface area contributed by atoms with Crippen LogP contribution in [0.5, 0.6) is 5.88 Å². The molecule has 2 aliphatic rings. The van der Waals surface area contributed by atoms with E-state index < -0.39 is 23.9 Å². The van der Waals surface area contributed by atoms with Crippen LogP contribution in [0.25, 0.3) is 0 Å². The Morgan fingerprint density at radius 3 is 2.38 bits per heavy atom. The van der Waals surface area contributed by atoms with E-state index in [1.165, 1.54) is 23.0 Å². The van der Waals surface area contributed by atoms with Crippen molar-refractivity contribution in [2.75, 3.05) is 38.7 Å². The Morgan fingerprint density at radius 1 is 1.32 bits per heavy atom. The number of carbonyl (C=O) groups excluding carboxylic acids is 1. The zero-order valence-corrected chi connectivity index (χ0v) is 18.6. The lowest BCUT2D eigenvalue weighted by Crippen LogP contribution is -2.41. The van der Waals surface area contributed by atoms with Gasteiger partial charge in [0.15, 0.2) is 11.6 Å². The van der Waals surface area contributed by atoms with Gasteiger partial charge in [-0.05, 0) is 25.5 Å². The minimum atomic E-state index is -5.08. The van der Waals surface area contributed by atoms with Crippen molar-refractivity contribution < 1.29 is 45.8 Å². The summed E-state index contributed by atoms with van der Waals surface area (Å²) < 4.78 is 78.3. The molecule has 8 nitrogen and oxygen atoms in total. The molecule has 1 aromatic heterocycles. The minimum Gasteiger partial charge on any atom is -0.481 e. The summed E-state index contributed by atoms with van der Waals surface area (Å²) in [5.41, 5.74) is 0.440. The number of pyridine rings is 1. The second kappa shape index (κ2) is 11.1. The highest BCUT2D eigenvalue weighted by Crippen LogP contribution is 2.32. The number of likely N-dealkylation sites (N-methyl/N-ethyl adjacent to an activating group) is 1. The van der Waals surface area contributed by atoms with Gasteiger partial charge in [0.2, 0.25) is 11.8 Å². The maximum atomic E-state index is 14.6. The van der Waals surface area contributed by atoms with Crippen LogP contribution in [0.1, 0.15) is 31.2 Å². The van der Waals surface area contributed by atoms with Crippen molar-refractivity contribution in [1.82, 2.24) is 15.2 Å². The average molecular weight is 500 g/mol. The Bertz CT molecular complexity index is 867. The van der Waals surface area contributed by atoms with Crippen molar-refractivity contribution in [2.45, 2.75) is 50.4 Å². The number of nitrogens with zero attached hydrogens (tertiary/aromatic N) is 3. The Hall–Kier alpha value is -2.77. The number of anilines is 1. The third-order valence-electron chi connectivity index (χ3n) is 5.37. The topological polar surface area (TPSA) is 95.0 Å². The van der Waals surface area contributed by atoms with Gasteiger partial charge in [0, 0.05) is 38.5 Å². The number of aromatic nitrogens is 1. The Labute approximate surface area is 191 Å². The molecule has 34 heavy (non-hydrogen) atoms. The van der Waals surface area contributed by atoms with Gasteiger partial charge in [0.25, 0.3) is 5.92 Å². The number of carbonyl (C=O) groups is 2. The van der Waals surface area contributed by atoms with Crippen molar-refractivity contribution in [3.63, 3.8) is 0 Å². The highest BCUT2D eigenvalue weighted by molar-refractivity contribution is 5.82. The van der Waals surface area contributed by atoms with E-state index in [2.05, 4.69) is 10.3 Å². The smallest absolute Gasteiger partial charge is 0.481 e. The minimum absolute atomic E-state index is 0.0116. The zero-order valence-electron chi connectivity index (χ0n) is 18.6. The van der Waals surface area contributed by atoms with Crippen LogP contribution in [0.3, 0.4) is 0 Å². The molecule has 0 saturated carbocycles. The quantitative estimate of drug-likeness (QED) is 0.601.